The van der Waals surface area contributed by atoms with E-state index < -0.39 is 0 Å². The standard InChI is InChI=1S/C12H13Br2N3S/c1-3-10(15-2)12-17-16-11(18-12)8-5-4-7(13)6-9(8)14/h4-6,10,15H,3H2,1-2H3. The molecule has 0 bridgehead atoms. The average molecular weight is 391 g/mol. The van der Waals surface area contributed by atoms with Crippen LogP contribution in [0, 0.1) is 0 Å². The van der Waals surface area contributed by atoms with Gasteiger partial charge in [-0.2, -0.15) is 0 Å². The van der Waals surface area contributed by atoms with Gasteiger partial charge in [-0.05, 0) is 31.7 Å². The Balaban J connectivity index is 2.34. The van der Waals surface area contributed by atoms with E-state index in [0.29, 0.717) is 0 Å². The third-order valence-electron chi connectivity index (χ3n) is 2.66. The highest BCUT2D eigenvalue weighted by molar-refractivity contribution is 9.11. The van der Waals surface area contributed by atoms with Crippen LogP contribution in [0.2, 0.25) is 0 Å². The van der Waals surface area contributed by atoms with Crippen LogP contribution in [0.1, 0.15) is 24.4 Å². The van der Waals surface area contributed by atoms with Crippen LogP contribution in [0.15, 0.2) is 27.1 Å². The van der Waals surface area contributed by atoms with E-state index in [-0.39, 0.29) is 6.04 Å². The predicted molar refractivity (Wildman–Crippen MR) is 82.8 cm³/mol. The fourth-order valence-electron chi connectivity index (χ4n) is 1.65. The van der Waals surface area contributed by atoms with Gasteiger partial charge in [0.1, 0.15) is 10.0 Å². The first-order valence-electron chi connectivity index (χ1n) is 5.61. The van der Waals surface area contributed by atoms with Crippen molar-refractivity contribution in [1.82, 2.24) is 15.5 Å². The summed E-state index contributed by atoms with van der Waals surface area (Å²) in [5.74, 6) is 0. The maximum atomic E-state index is 4.28. The highest BCUT2D eigenvalue weighted by Gasteiger charge is 2.15. The number of rotatable bonds is 4. The van der Waals surface area contributed by atoms with Gasteiger partial charge >= 0.3 is 0 Å². The highest BCUT2D eigenvalue weighted by atomic mass is 79.9. The molecule has 0 aliphatic carbocycles. The minimum atomic E-state index is 0.283. The lowest BCUT2D eigenvalue weighted by atomic mass is 10.2. The quantitative estimate of drug-likeness (QED) is 0.840. The van der Waals surface area contributed by atoms with Gasteiger partial charge in [-0.15, -0.1) is 10.2 Å². The van der Waals surface area contributed by atoms with Crippen molar-refractivity contribution in [2.75, 3.05) is 7.05 Å². The van der Waals surface area contributed by atoms with Crippen LogP contribution in [0.4, 0.5) is 0 Å². The first kappa shape index (κ1) is 14.1. The van der Waals surface area contributed by atoms with E-state index in [9.17, 15) is 0 Å². The van der Waals surface area contributed by atoms with E-state index in [2.05, 4.69) is 54.3 Å². The van der Waals surface area contributed by atoms with Gasteiger partial charge in [-0.25, -0.2) is 0 Å². The Morgan fingerprint density at radius 2 is 2.11 bits per heavy atom. The Bertz CT molecular complexity index is 538. The fraction of sp³-hybridized carbons (Fsp3) is 0.333. The van der Waals surface area contributed by atoms with Crippen molar-refractivity contribution in [3.05, 3.63) is 32.2 Å². The summed E-state index contributed by atoms with van der Waals surface area (Å²) in [6.45, 7) is 2.14. The lowest BCUT2D eigenvalue weighted by Gasteiger charge is -2.08. The molecular weight excluding hydrogens is 378 g/mol. The number of hydrogen-bond donors (Lipinski definition) is 1. The molecule has 0 saturated carbocycles. The molecular formula is C12H13Br2N3S. The number of nitrogens with zero attached hydrogens (tertiary/aromatic N) is 2. The van der Waals surface area contributed by atoms with Crippen molar-refractivity contribution >= 4 is 43.2 Å². The van der Waals surface area contributed by atoms with Crippen molar-refractivity contribution in [3.8, 4) is 10.6 Å². The Morgan fingerprint density at radius 1 is 1.33 bits per heavy atom. The van der Waals surface area contributed by atoms with Crippen molar-refractivity contribution in [3.63, 3.8) is 0 Å². The summed E-state index contributed by atoms with van der Waals surface area (Å²) in [7, 11) is 1.95. The van der Waals surface area contributed by atoms with E-state index in [4.69, 9.17) is 0 Å². The molecule has 0 amide bonds. The Morgan fingerprint density at radius 3 is 2.72 bits per heavy atom. The number of halogens is 2. The molecule has 96 valence electrons. The van der Waals surface area contributed by atoms with Gasteiger partial charge in [0.2, 0.25) is 0 Å². The van der Waals surface area contributed by atoms with Crippen molar-refractivity contribution in [2.45, 2.75) is 19.4 Å². The minimum Gasteiger partial charge on any atom is -0.311 e. The van der Waals surface area contributed by atoms with Gasteiger partial charge in [0.15, 0.2) is 0 Å². The molecule has 0 fully saturated rings. The molecule has 2 aromatic rings. The van der Waals surface area contributed by atoms with Gasteiger partial charge in [0.25, 0.3) is 0 Å². The van der Waals surface area contributed by atoms with Crippen LogP contribution >= 0.6 is 43.2 Å². The lowest BCUT2D eigenvalue weighted by molar-refractivity contribution is 0.568. The van der Waals surface area contributed by atoms with Crippen molar-refractivity contribution in [2.24, 2.45) is 0 Å². The van der Waals surface area contributed by atoms with Crippen LogP contribution in [-0.2, 0) is 0 Å². The Kier molecular flexibility index (Phi) is 4.89. The molecule has 1 aromatic heterocycles. The second-order valence-corrected chi connectivity index (χ2v) is 6.60. The molecule has 6 heteroatoms. The second kappa shape index (κ2) is 6.23. The average Bonchev–Trinajstić information content (AvgIpc) is 2.80. The van der Waals surface area contributed by atoms with Crippen molar-refractivity contribution in [1.29, 1.82) is 0 Å². The van der Waals surface area contributed by atoms with Crippen LogP contribution in [0.3, 0.4) is 0 Å². The second-order valence-electron chi connectivity index (χ2n) is 3.82. The molecule has 1 aromatic carbocycles. The molecule has 1 heterocycles. The molecule has 0 aliphatic rings. The van der Waals surface area contributed by atoms with Crippen LogP contribution < -0.4 is 5.32 Å². The maximum absolute atomic E-state index is 4.28. The first-order valence-corrected chi connectivity index (χ1v) is 8.02. The number of nitrogens with one attached hydrogen (secondary N) is 1. The van der Waals surface area contributed by atoms with Crippen LogP contribution in [0.25, 0.3) is 10.6 Å². The summed E-state index contributed by atoms with van der Waals surface area (Å²) >= 11 is 8.64. The molecule has 0 spiro atoms. The number of aromatic nitrogens is 2. The molecule has 1 atom stereocenters. The molecule has 2 rings (SSSR count). The molecule has 0 aliphatic heterocycles. The van der Waals surface area contributed by atoms with Gasteiger partial charge in [0, 0.05) is 14.5 Å². The fourth-order valence-corrected chi connectivity index (χ4v) is 4.09. The third kappa shape index (κ3) is 2.99. The van der Waals surface area contributed by atoms with Crippen molar-refractivity contribution < 1.29 is 0 Å². The predicted octanol–water partition coefficient (Wildman–Crippen LogP) is 4.40. The smallest absolute Gasteiger partial charge is 0.148 e. The zero-order chi connectivity index (χ0) is 13.1. The number of benzene rings is 1. The monoisotopic (exact) mass is 389 g/mol. The summed E-state index contributed by atoms with van der Waals surface area (Å²) in [6, 6.07) is 6.35. The Labute approximate surface area is 127 Å². The van der Waals surface area contributed by atoms with Gasteiger partial charge in [-0.3, -0.25) is 0 Å². The normalized spacial score (nSPS) is 12.7. The van der Waals surface area contributed by atoms with E-state index in [1.807, 2.05) is 25.2 Å². The summed E-state index contributed by atoms with van der Waals surface area (Å²) in [5, 5.41) is 13.8. The zero-order valence-corrected chi connectivity index (χ0v) is 14.1. The molecule has 1 N–H and O–H groups in total. The number of hydrogen-bond acceptors (Lipinski definition) is 4. The summed E-state index contributed by atoms with van der Waals surface area (Å²) in [5.41, 5.74) is 1.08. The summed E-state index contributed by atoms with van der Waals surface area (Å²) in [4.78, 5) is 0. The summed E-state index contributed by atoms with van der Waals surface area (Å²) in [6.07, 6.45) is 1.01. The topological polar surface area (TPSA) is 37.8 Å². The molecule has 3 nitrogen and oxygen atoms in total. The van der Waals surface area contributed by atoms with E-state index in [1.165, 1.54) is 0 Å². The van der Waals surface area contributed by atoms with Gasteiger partial charge in [0.05, 0.1) is 6.04 Å². The van der Waals surface area contributed by atoms with E-state index in [0.717, 1.165) is 30.9 Å². The van der Waals surface area contributed by atoms with Crippen LogP contribution in [-0.4, -0.2) is 17.2 Å². The largest absolute Gasteiger partial charge is 0.311 e. The van der Waals surface area contributed by atoms with E-state index in [1.54, 1.807) is 11.3 Å². The van der Waals surface area contributed by atoms with Crippen LogP contribution in [0.5, 0.6) is 0 Å². The minimum absolute atomic E-state index is 0.283. The Hall–Kier alpha value is -0.300. The third-order valence-corrected chi connectivity index (χ3v) is 4.88. The molecule has 1 unspecified atom stereocenters. The first-order chi connectivity index (χ1) is 8.65. The van der Waals surface area contributed by atoms with Gasteiger partial charge in [-0.1, -0.05) is 50.1 Å². The molecule has 0 radical (unpaired) electrons. The van der Waals surface area contributed by atoms with Gasteiger partial charge < -0.3 is 5.32 Å². The SMILES string of the molecule is CCC(NC)c1nnc(-c2ccc(Br)cc2Br)s1. The van der Waals surface area contributed by atoms with E-state index >= 15 is 0 Å². The molecule has 0 saturated heterocycles. The molecule has 18 heavy (non-hydrogen) atoms. The highest BCUT2D eigenvalue weighted by Crippen LogP contribution is 2.34. The maximum Gasteiger partial charge on any atom is 0.148 e. The summed E-state index contributed by atoms with van der Waals surface area (Å²) < 4.78 is 2.07. The lowest BCUT2D eigenvalue weighted by Crippen LogP contribution is -2.14. The zero-order valence-electron chi connectivity index (χ0n) is 10.1.